The van der Waals surface area contributed by atoms with Gasteiger partial charge >= 0.3 is 5.69 Å². The van der Waals surface area contributed by atoms with Crippen LogP contribution in [0.4, 0.5) is 4.39 Å². The lowest BCUT2D eigenvalue weighted by atomic mass is 9.68. The molecule has 6 atom stereocenters. The molecular weight excluding hydrogens is 481 g/mol. The maximum Gasteiger partial charge on any atom is 0.353 e. The van der Waals surface area contributed by atoms with Crippen molar-refractivity contribution in [1.82, 2.24) is 24.0 Å². The number of halogens is 1. The molecule has 0 amide bonds. The number of hydrogen-bond acceptors (Lipinski definition) is 5. The van der Waals surface area contributed by atoms with Crippen LogP contribution >= 0.6 is 0 Å². The second kappa shape index (κ2) is 9.40. The molecule has 4 heterocycles. The molecule has 38 heavy (non-hydrogen) atoms. The van der Waals surface area contributed by atoms with E-state index in [1.807, 2.05) is 28.8 Å². The van der Waals surface area contributed by atoms with Crippen molar-refractivity contribution >= 4 is 11.0 Å². The van der Waals surface area contributed by atoms with Crippen molar-refractivity contribution in [2.45, 2.75) is 102 Å². The monoisotopic (exact) mass is 517 g/mol. The lowest BCUT2D eigenvalue weighted by Gasteiger charge is -2.55. The molecule has 2 saturated heterocycles. The summed E-state index contributed by atoms with van der Waals surface area (Å²) in [4.78, 5) is 38.0. The summed E-state index contributed by atoms with van der Waals surface area (Å²) in [5, 5.41) is 0. The van der Waals surface area contributed by atoms with Crippen LogP contribution in [0.25, 0.3) is 16.9 Å². The number of rotatable bonds is 3. The van der Waals surface area contributed by atoms with Crippen LogP contribution < -0.4 is 11.2 Å². The maximum absolute atomic E-state index is 14.4. The summed E-state index contributed by atoms with van der Waals surface area (Å²) in [6.07, 6.45) is 14.8. The van der Waals surface area contributed by atoms with E-state index in [2.05, 4.69) is 14.9 Å². The van der Waals surface area contributed by atoms with E-state index in [1.165, 1.54) is 64.7 Å². The fraction of sp³-hybridized carbons (Fsp3) is 0.600. The first-order chi connectivity index (χ1) is 18.5. The summed E-state index contributed by atoms with van der Waals surface area (Å²) in [6, 6.07) is 9.24. The zero-order chi connectivity index (χ0) is 26.0. The highest BCUT2D eigenvalue weighted by molar-refractivity contribution is 5.75. The Kier molecular flexibility index (Phi) is 5.98. The van der Waals surface area contributed by atoms with E-state index in [0.29, 0.717) is 23.6 Å². The van der Waals surface area contributed by atoms with Crippen molar-refractivity contribution < 1.29 is 4.39 Å². The number of aryl methyl sites for hydroxylation is 1. The first-order valence-electron chi connectivity index (χ1n) is 14.5. The van der Waals surface area contributed by atoms with Gasteiger partial charge in [0.25, 0.3) is 5.56 Å². The lowest BCUT2D eigenvalue weighted by Crippen LogP contribution is -2.58. The average Bonchev–Trinajstić information content (AvgIpc) is 2.89. The summed E-state index contributed by atoms with van der Waals surface area (Å²) in [6.45, 7) is 1.44. The Labute approximate surface area is 221 Å². The van der Waals surface area contributed by atoms with Crippen molar-refractivity contribution in [3.63, 3.8) is 0 Å². The van der Waals surface area contributed by atoms with Gasteiger partial charge in [-0.15, -0.1) is 0 Å². The van der Waals surface area contributed by atoms with Crippen molar-refractivity contribution in [1.29, 1.82) is 0 Å². The van der Waals surface area contributed by atoms with Crippen molar-refractivity contribution in [2.24, 2.45) is 11.8 Å². The van der Waals surface area contributed by atoms with E-state index in [4.69, 9.17) is 0 Å². The number of benzene rings is 1. The van der Waals surface area contributed by atoms with Gasteiger partial charge in [-0.1, -0.05) is 37.8 Å². The Balaban J connectivity index is 1.28. The summed E-state index contributed by atoms with van der Waals surface area (Å²) in [7, 11) is 0. The summed E-state index contributed by atoms with van der Waals surface area (Å²) in [5.41, 5.74) is 0.380. The summed E-state index contributed by atoms with van der Waals surface area (Å²) < 4.78 is 17.3. The van der Waals surface area contributed by atoms with E-state index in [9.17, 15) is 14.0 Å². The predicted molar refractivity (Wildman–Crippen MR) is 144 cm³/mol. The fourth-order valence-electron chi connectivity index (χ4n) is 8.46. The Morgan fingerprint density at radius 1 is 0.816 bits per heavy atom. The topological polar surface area (TPSA) is 73.0 Å². The Hall–Kier alpha value is -2.87. The molecule has 2 aliphatic carbocycles. The van der Waals surface area contributed by atoms with Gasteiger partial charge in [0.2, 0.25) is 5.82 Å². The van der Waals surface area contributed by atoms with Gasteiger partial charge in [0, 0.05) is 24.2 Å². The zero-order valence-corrected chi connectivity index (χ0v) is 22.1. The molecule has 2 aromatic heterocycles. The molecule has 4 bridgehead atoms. The van der Waals surface area contributed by atoms with E-state index < -0.39 is 11.5 Å². The smallest absolute Gasteiger partial charge is 0.300 e. The normalized spacial score (nSPS) is 31.4. The molecule has 4 aliphatic rings. The molecule has 7 rings (SSSR count). The highest BCUT2D eigenvalue weighted by Gasteiger charge is 2.45. The third kappa shape index (κ3) is 4.03. The second-order valence-electron chi connectivity index (χ2n) is 12.3. The largest absolute Gasteiger partial charge is 0.353 e. The van der Waals surface area contributed by atoms with E-state index in [0.717, 1.165) is 41.0 Å². The van der Waals surface area contributed by atoms with E-state index in [1.54, 1.807) is 0 Å². The molecule has 200 valence electrons. The minimum atomic E-state index is -0.690. The molecule has 0 unspecified atom stereocenters. The number of hydrogen-bond donors (Lipinski definition) is 0. The van der Waals surface area contributed by atoms with Crippen molar-refractivity contribution in [2.75, 3.05) is 0 Å². The summed E-state index contributed by atoms with van der Waals surface area (Å²) >= 11 is 0. The van der Waals surface area contributed by atoms with Gasteiger partial charge in [-0.05, 0) is 75.8 Å². The van der Waals surface area contributed by atoms with Gasteiger partial charge in [-0.3, -0.25) is 9.69 Å². The minimum Gasteiger partial charge on any atom is -0.300 e. The third-order valence-electron chi connectivity index (χ3n) is 9.96. The minimum absolute atomic E-state index is 0.0133. The number of nitrogens with zero attached hydrogens (tertiary/aromatic N) is 5. The number of aromatic nitrogens is 4. The quantitative estimate of drug-likeness (QED) is 0.493. The van der Waals surface area contributed by atoms with Crippen LogP contribution in [0.3, 0.4) is 0 Å². The van der Waals surface area contributed by atoms with Crippen LogP contribution in [0.1, 0.15) is 82.4 Å². The van der Waals surface area contributed by atoms with Gasteiger partial charge in [0.1, 0.15) is 0 Å². The van der Waals surface area contributed by atoms with E-state index >= 15 is 0 Å². The van der Waals surface area contributed by atoms with Crippen LogP contribution in [0, 0.1) is 24.6 Å². The van der Waals surface area contributed by atoms with Crippen LogP contribution in [0.15, 0.2) is 40.1 Å². The van der Waals surface area contributed by atoms with Gasteiger partial charge in [0.15, 0.2) is 5.82 Å². The highest BCUT2D eigenvalue weighted by Crippen LogP contribution is 2.47. The molecular formula is C30H36FN5O2. The van der Waals surface area contributed by atoms with E-state index in [-0.39, 0.29) is 23.1 Å². The highest BCUT2D eigenvalue weighted by atomic mass is 19.1. The van der Waals surface area contributed by atoms with Gasteiger partial charge < -0.3 is 4.57 Å². The van der Waals surface area contributed by atoms with Gasteiger partial charge in [-0.2, -0.15) is 4.98 Å². The van der Waals surface area contributed by atoms with Crippen molar-refractivity contribution in [3.8, 4) is 5.82 Å². The Bertz CT molecular complexity index is 1470. The zero-order valence-electron chi connectivity index (χ0n) is 22.1. The molecule has 2 saturated carbocycles. The van der Waals surface area contributed by atoms with Crippen molar-refractivity contribution in [3.05, 3.63) is 62.8 Å². The van der Waals surface area contributed by atoms with Crippen LogP contribution in [0.5, 0.6) is 0 Å². The standard InChI is InChI=1S/C30H36FN5O2/c1-18-25(31)17-34(30(38)32-18)28-29(37)36(27-11-3-2-10-26(27)33-28)24-15-21-8-5-9-22(16-24)35(21)23-13-19-6-4-7-20(12-19)14-23/h2-3,10-11,17,19-24H,4-9,12-16H2,1H3/t19-,20+,21-,22+,23+,24+. The fourth-order valence-corrected chi connectivity index (χ4v) is 8.46. The Morgan fingerprint density at radius 3 is 2.24 bits per heavy atom. The first-order valence-corrected chi connectivity index (χ1v) is 14.5. The average molecular weight is 518 g/mol. The second-order valence-corrected chi connectivity index (χ2v) is 12.3. The molecule has 2 aliphatic heterocycles. The molecule has 0 spiro atoms. The van der Waals surface area contributed by atoms with Gasteiger partial charge in [0.05, 0.1) is 22.9 Å². The van der Waals surface area contributed by atoms with Crippen LogP contribution in [-0.2, 0) is 0 Å². The number of piperidine rings is 2. The number of fused-ring (bicyclic) bond motifs is 5. The molecule has 4 fully saturated rings. The van der Waals surface area contributed by atoms with Crippen LogP contribution in [-0.4, -0.2) is 42.1 Å². The Morgan fingerprint density at radius 2 is 1.50 bits per heavy atom. The first kappa shape index (κ1) is 24.2. The summed E-state index contributed by atoms with van der Waals surface area (Å²) in [5.74, 6) is 1.07. The van der Waals surface area contributed by atoms with Gasteiger partial charge in [-0.25, -0.2) is 18.7 Å². The third-order valence-corrected chi connectivity index (χ3v) is 9.96. The molecule has 1 aromatic carbocycles. The van der Waals surface area contributed by atoms with Crippen LogP contribution in [0.2, 0.25) is 0 Å². The molecule has 3 aromatic rings. The number of para-hydroxylation sites is 2. The maximum atomic E-state index is 14.4. The predicted octanol–water partition coefficient (Wildman–Crippen LogP) is 4.92. The lowest BCUT2D eigenvalue weighted by molar-refractivity contribution is -0.0485. The molecule has 0 N–H and O–H groups in total. The molecule has 0 radical (unpaired) electrons. The molecule has 7 nitrogen and oxygen atoms in total. The molecule has 8 heteroatoms. The SMILES string of the molecule is Cc1nc(=O)n(-c2nc3ccccc3n([C@H]3C[C@H]4CCC[C@@H](C3)N4[C@H]3C[C@@H]4CCC[C@@H](C4)C3)c2=O)cc1F.